The number of nitrogens with zero attached hydrogens (tertiary/aromatic N) is 2. The molecule has 2 heterocycles. The fourth-order valence-corrected chi connectivity index (χ4v) is 1.33. The Bertz CT molecular complexity index is 335. The van der Waals surface area contributed by atoms with Gasteiger partial charge in [0.2, 0.25) is 0 Å². The van der Waals surface area contributed by atoms with Gasteiger partial charge in [0.05, 0.1) is 25.1 Å². The van der Waals surface area contributed by atoms with Crippen LogP contribution in [0, 0.1) is 0 Å². The van der Waals surface area contributed by atoms with Crippen molar-refractivity contribution in [2.45, 2.75) is 6.29 Å². The number of ether oxygens (including phenoxy) is 2. The summed E-state index contributed by atoms with van der Waals surface area (Å²) in [5.74, 6) is 0. The van der Waals surface area contributed by atoms with E-state index >= 15 is 0 Å². The van der Waals surface area contributed by atoms with Crippen molar-refractivity contribution in [3.8, 4) is 0 Å². The average molecular weight is 194 g/mol. The lowest BCUT2D eigenvalue weighted by atomic mass is 10.2. The van der Waals surface area contributed by atoms with Crippen molar-refractivity contribution in [2.75, 3.05) is 13.2 Å². The Morgan fingerprint density at radius 2 is 2.29 bits per heavy atom. The predicted molar refractivity (Wildman–Crippen MR) is 48.3 cm³/mol. The number of hydrogen-bond donors (Lipinski definition) is 1. The van der Waals surface area contributed by atoms with E-state index in [1.807, 2.05) is 6.07 Å². The number of pyridine rings is 1. The first kappa shape index (κ1) is 9.11. The predicted octanol–water partition coefficient (Wildman–Crippen LogP) is 0.935. The summed E-state index contributed by atoms with van der Waals surface area (Å²) in [4.78, 5) is 4.04. The molecule has 0 aliphatic carbocycles. The molecule has 5 heteroatoms. The summed E-state index contributed by atoms with van der Waals surface area (Å²) in [6.45, 7) is 1.16. The molecule has 74 valence electrons. The van der Waals surface area contributed by atoms with Crippen molar-refractivity contribution < 1.29 is 14.7 Å². The van der Waals surface area contributed by atoms with Crippen molar-refractivity contribution >= 4 is 6.21 Å². The van der Waals surface area contributed by atoms with Crippen LogP contribution >= 0.6 is 0 Å². The number of oxime groups is 1. The highest BCUT2D eigenvalue weighted by Crippen LogP contribution is 2.24. The summed E-state index contributed by atoms with van der Waals surface area (Å²) >= 11 is 0. The fraction of sp³-hybridized carbons (Fsp3) is 0.333. The van der Waals surface area contributed by atoms with Gasteiger partial charge in [-0.25, -0.2) is 0 Å². The zero-order chi connectivity index (χ0) is 9.80. The van der Waals surface area contributed by atoms with Crippen LogP contribution in [0.15, 0.2) is 23.5 Å². The molecular formula is C9H10N2O3. The van der Waals surface area contributed by atoms with Gasteiger partial charge in [0, 0.05) is 11.8 Å². The van der Waals surface area contributed by atoms with Gasteiger partial charge < -0.3 is 14.7 Å². The summed E-state index contributed by atoms with van der Waals surface area (Å²) in [6, 6.07) is 3.62. The number of aromatic nitrogens is 1. The normalized spacial score (nSPS) is 18.0. The highest BCUT2D eigenvalue weighted by atomic mass is 16.7. The Morgan fingerprint density at radius 3 is 3.00 bits per heavy atom. The molecule has 1 fully saturated rings. The van der Waals surface area contributed by atoms with Crippen molar-refractivity contribution in [2.24, 2.45) is 5.16 Å². The molecule has 5 nitrogen and oxygen atoms in total. The van der Waals surface area contributed by atoms with Crippen molar-refractivity contribution in [3.05, 3.63) is 29.6 Å². The van der Waals surface area contributed by atoms with Crippen molar-refractivity contribution in [1.29, 1.82) is 0 Å². The van der Waals surface area contributed by atoms with E-state index in [2.05, 4.69) is 10.1 Å². The smallest absolute Gasteiger partial charge is 0.186 e. The van der Waals surface area contributed by atoms with E-state index < -0.39 is 6.29 Å². The second-order valence-electron chi connectivity index (χ2n) is 2.80. The largest absolute Gasteiger partial charge is 0.411 e. The highest BCUT2D eigenvalue weighted by molar-refractivity contribution is 5.78. The molecule has 0 saturated carbocycles. The van der Waals surface area contributed by atoms with Crippen LogP contribution in [0.2, 0.25) is 0 Å². The topological polar surface area (TPSA) is 63.9 Å². The Morgan fingerprint density at radius 1 is 1.50 bits per heavy atom. The minimum absolute atomic E-state index is 0.392. The first-order valence-electron chi connectivity index (χ1n) is 4.27. The summed E-state index contributed by atoms with van der Waals surface area (Å²) in [7, 11) is 0. The summed E-state index contributed by atoms with van der Waals surface area (Å²) in [6.07, 6.45) is 2.49. The molecule has 0 atom stereocenters. The molecule has 1 N–H and O–H groups in total. The Hall–Kier alpha value is -1.46. The van der Waals surface area contributed by atoms with Crippen molar-refractivity contribution in [3.63, 3.8) is 0 Å². The quantitative estimate of drug-likeness (QED) is 0.432. The van der Waals surface area contributed by atoms with E-state index in [4.69, 9.17) is 14.7 Å². The molecule has 0 bridgehead atoms. The van der Waals surface area contributed by atoms with Crippen LogP contribution in [0.4, 0.5) is 0 Å². The molecule has 0 spiro atoms. The van der Waals surface area contributed by atoms with Crippen LogP contribution in [0.5, 0.6) is 0 Å². The Kier molecular flexibility index (Phi) is 2.71. The second-order valence-corrected chi connectivity index (χ2v) is 2.80. The van der Waals surface area contributed by atoms with E-state index in [1.165, 1.54) is 6.21 Å². The lowest BCUT2D eigenvalue weighted by Crippen LogP contribution is -2.04. The monoisotopic (exact) mass is 194 g/mol. The zero-order valence-electron chi connectivity index (χ0n) is 7.46. The Balaban J connectivity index is 2.30. The number of hydrogen-bond acceptors (Lipinski definition) is 5. The highest BCUT2D eigenvalue weighted by Gasteiger charge is 2.20. The molecule has 1 aliphatic rings. The van der Waals surface area contributed by atoms with E-state index in [1.54, 1.807) is 12.3 Å². The van der Waals surface area contributed by atoms with E-state index in [-0.39, 0.29) is 0 Å². The van der Waals surface area contributed by atoms with Gasteiger partial charge in [-0.15, -0.1) is 0 Å². The maximum Gasteiger partial charge on any atom is 0.186 e. The lowest BCUT2D eigenvalue weighted by molar-refractivity contribution is -0.0444. The van der Waals surface area contributed by atoms with Gasteiger partial charge >= 0.3 is 0 Å². The first-order valence-corrected chi connectivity index (χ1v) is 4.27. The molecule has 1 aromatic heterocycles. The van der Waals surface area contributed by atoms with Gasteiger partial charge in [0.25, 0.3) is 0 Å². The van der Waals surface area contributed by atoms with Gasteiger partial charge in [-0.3, -0.25) is 4.98 Å². The van der Waals surface area contributed by atoms with Crippen LogP contribution in [-0.4, -0.2) is 29.6 Å². The van der Waals surface area contributed by atoms with Gasteiger partial charge in [-0.05, 0) is 6.07 Å². The molecular weight excluding hydrogens is 184 g/mol. The van der Waals surface area contributed by atoms with E-state index in [0.717, 1.165) is 5.56 Å². The van der Waals surface area contributed by atoms with Crippen LogP contribution in [0.1, 0.15) is 17.5 Å². The molecule has 1 aliphatic heterocycles. The first-order chi connectivity index (χ1) is 6.92. The van der Waals surface area contributed by atoms with E-state index in [0.29, 0.717) is 18.9 Å². The molecule has 1 saturated heterocycles. The summed E-state index contributed by atoms with van der Waals surface area (Å²) in [5.41, 5.74) is 1.34. The summed E-state index contributed by atoms with van der Waals surface area (Å²) < 4.78 is 10.6. The minimum atomic E-state index is -0.392. The van der Waals surface area contributed by atoms with Crippen LogP contribution in [0.3, 0.4) is 0 Å². The number of rotatable bonds is 2. The van der Waals surface area contributed by atoms with Crippen LogP contribution in [-0.2, 0) is 9.47 Å². The van der Waals surface area contributed by atoms with Gasteiger partial charge in [0.15, 0.2) is 6.29 Å². The molecule has 1 aromatic rings. The lowest BCUT2D eigenvalue weighted by Gasteiger charge is -2.10. The van der Waals surface area contributed by atoms with Crippen LogP contribution < -0.4 is 0 Å². The van der Waals surface area contributed by atoms with Crippen LogP contribution in [0.25, 0.3) is 0 Å². The molecule has 0 aromatic carbocycles. The van der Waals surface area contributed by atoms with E-state index in [9.17, 15) is 0 Å². The molecule has 2 rings (SSSR count). The van der Waals surface area contributed by atoms with Crippen molar-refractivity contribution in [1.82, 2.24) is 4.98 Å². The SMILES string of the molecule is ON=Cc1ncccc1C1OCCO1. The maximum absolute atomic E-state index is 8.43. The van der Waals surface area contributed by atoms with Gasteiger partial charge in [-0.2, -0.15) is 0 Å². The second kappa shape index (κ2) is 4.17. The summed E-state index contributed by atoms with van der Waals surface area (Å²) in [5, 5.41) is 11.4. The molecule has 0 unspecified atom stereocenters. The minimum Gasteiger partial charge on any atom is -0.411 e. The fourth-order valence-electron chi connectivity index (χ4n) is 1.33. The van der Waals surface area contributed by atoms with Gasteiger partial charge in [-0.1, -0.05) is 11.2 Å². The zero-order valence-corrected chi connectivity index (χ0v) is 7.46. The third-order valence-electron chi connectivity index (χ3n) is 1.93. The maximum atomic E-state index is 8.43. The molecule has 14 heavy (non-hydrogen) atoms. The Labute approximate surface area is 81.0 Å². The molecule has 0 amide bonds. The van der Waals surface area contributed by atoms with Gasteiger partial charge in [0.1, 0.15) is 0 Å². The standard InChI is InChI=1S/C9H10N2O3/c12-11-6-8-7(2-1-3-10-8)9-13-4-5-14-9/h1-3,6,9,12H,4-5H2. The molecule has 0 radical (unpaired) electrons. The average Bonchev–Trinajstić information content (AvgIpc) is 2.72. The third-order valence-corrected chi connectivity index (χ3v) is 1.93. The third kappa shape index (κ3) is 1.73.